The summed E-state index contributed by atoms with van der Waals surface area (Å²) in [6.07, 6.45) is 1.64. The van der Waals surface area contributed by atoms with Gasteiger partial charge in [-0.2, -0.15) is 5.10 Å². The van der Waals surface area contributed by atoms with E-state index in [0.29, 0.717) is 16.9 Å². The first-order chi connectivity index (χ1) is 19.2. The zero-order valence-electron chi connectivity index (χ0n) is 22.5. The van der Waals surface area contributed by atoms with Gasteiger partial charge in [0, 0.05) is 26.3 Å². The number of amides is 2. The molecule has 0 unspecified atom stereocenters. The number of nitrogens with one attached hydrogen (secondary N) is 2. The molecule has 0 aliphatic rings. The number of carboxylic acid groups (broad SMARTS) is 1. The number of aromatic nitrogens is 4. The Hall–Kier alpha value is -5.00. The van der Waals surface area contributed by atoms with Crippen LogP contribution in [0.5, 0.6) is 0 Å². The minimum Gasteiger partial charge on any atom is -0.480 e. The van der Waals surface area contributed by atoms with Gasteiger partial charge < -0.3 is 25.4 Å². The molecular weight excluding hydrogens is 514 g/mol. The van der Waals surface area contributed by atoms with Gasteiger partial charge in [-0.05, 0) is 25.0 Å². The molecule has 0 bridgehead atoms. The summed E-state index contributed by atoms with van der Waals surface area (Å²) in [7, 11) is 1.71. The number of hydrogen-bond acceptors (Lipinski definition) is 8. The predicted octanol–water partition coefficient (Wildman–Crippen LogP) is 2.91. The van der Waals surface area contributed by atoms with Gasteiger partial charge in [0.05, 0.1) is 5.39 Å². The molecule has 2 heterocycles. The van der Waals surface area contributed by atoms with Gasteiger partial charge >= 0.3 is 12.1 Å². The lowest BCUT2D eigenvalue weighted by Gasteiger charge is -2.22. The molecule has 2 amide bonds. The Morgan fingerprint density at radius 1 is 1.00 bits per heavy atom. The minimum atomic E-state index is -1.18. The fourth-order valence-electron chi connectivity index (χ4n) is 4.11. The summed E-state index contributed by atoms with van der Waals surface area (Å²) >= 11 is 0. The number of hydrogen-bond donors (Lipinski definition) is 3. The first kappa shape index (κ1) is 28.0. The zero-order valence-corrected chi connectivity index (χ0v) is 22.5. The second kappa shape index (κ2) is 12.7. The van der Waals surface area contributed by atoms with Gasteiger partial charge in [-0.3, -0.25) is 14.3 Å². The van der Waals surface area contributed by atoms with Gasteiger partial charge in [-0.15, -0.1) is 0 Å². The summed E-state index contributed by atoms with van der Waals surface area (Å²) in [6.45, 7) is 3.16. The number of fused-ring (bicyclic) bond motifs is 1. The topological polar surface area (TPSA) is 152 Å². The Balaban J connectivity index is 1.39. The van der Waals surface area contributed by atoms with Crippen molar-refractivity contribution in [1.82, 2.24) is 30.0 Å². The lowest BCUT2D eigenvalue weighted by Crippen LogP contribution is -2.43. The number of aliphatic carboxylic acids is 1. The maximum absolute atomic E-state index is 13.0. The monoisotopic (exact) mass is 545 g/mol. The van der Waals surface area contributed by atoms with Crippen LogP contribution in [0, 0.1) is 13.8 Å². The molecule has 0 saturated heterocycles. The molecule has 4 aromatic rings. The first-order valence-electron chi connectivity index (χ1n) is 12.7. The second-order valence-electron chi connectivity index (χ2n) is 9.28. The van der Waals surface area contributed by atoms with Crippen LogP contribution in [0.25, 0.3) is 11.0 Å². The Morgan fingerprint density at radius 2 is 1.62 bits per heavy atom. The number of aryl methyl sites for hydroxylation is 2. The van der Waals surface area contributed by atoms with Crippen LogP contribution in [0.3, 0.4) is 0 Å². The maximum Gasteiger partial charge on any atom is 0.408 e. The lowest BCUT2D eigenvalue weighted by molar-refractivity contribution is -0.144. The van der Waals surface area contributed by atoms with Crippen LogP contribution in [0.2, 0.25) is 0 Å². The Labute approximate surface area is 231 Å². The van der Waals surface area contributed by atoms with Gasteiger partial charge in [0.15, 0.2) is 11.8 Å². The molecule has 0 aliphatic heterocycles. The summed E-state index contributed by atoms with van der Waals surface area (Å²) in [4.78, 5) is 46.5. The van der Waals surface area contributed by atoms with Gasteiger partial charge in [-0.25, -0.2) is 14.8 Å². The standard InChI is InChI=1S/C28H31N7O5/c1-18-4-8-20(9-5-18)25(21-10-6-19(2)7-11-21)40-28(39)30-12-13-34(16-24(37)38)23(36)15-35-14-22-26(29-3)31-17-32-27(22)33-35/h4-11,14,17,25H,12-13,15-16H2,1-3H3,(H,30,39)(H,37,38)(H,29,31,32,33). The number of alkyl carbamates (subject to hydrolysis) is 1. The van der Waals surface area contributed by atoms with Gasteiger partial charge in [0.25, 0.3) is 0 Å². The molecule has 0 fully saturated rings. The number of carbonyl (C=O) groups is 3. The smallest absolute Gasteiger partial charge is 0.408 e. The van der Waals surface area contributed by atoms with Crippen LogP contribution in [-0.2, 0) is 20.9 Å². The predicted molar refractivity (Wildman–Crippen MR) is 148 cm³/mol. The summed E-state index contributed by atoms with van der Waals surface area (Å²) < 4.78 is 7.16. The van der Waals surface area contributed by atoms with Crippen LogP contribution in [0.1, 0.15) is 28.4 Å². The number of rotatable bonds is 11. The van der Waals surface area contributed by atoms with E-state index in [0.717, 1.165) is 27.2 Å². The summed E-state index contributed by atoms with van der Waals surface area (Å²) in [6, 6.07) is 15.4. The number of anilines is 1. The molecule has 3 N–H and O–H groups in total. The molecule has 208 valence electrons. The van der Waals surface area contributed by atoms with Crippen molar-refractivity contribution in [2.24, 2.45) is 0 Å². The molecule has 0 radical (unpaired) electrons. The van der Waals surface area contributed by atoms with Gasteiger partial charge in [0.2, 0.25) is 5.91 Å². The second-order valence-corrected chi connectivity index (χ2v) is 9.28. The van der Waals surface area contributed by atoms with E-state index in [4.69, 9.17) is 4.74 Å². The maximum atomic E-state index is 13.0. The van der Waals surface area contributed by atoms with Crippen molar-refractivity contribution in [3.8, 4) is 0 Å². The normalized spacial score (nSPS) is 10.9. The van der Waals surface area contributed by atoms with Crippen molar-refractivity contribution in [1.29, 1.82) is 0 Å². The van der Waals surface area contributed by atoms with Crippen molar-refractivity contribution < 1.29 is 24.2 Å². The van der Waals surface area contributed by atoms with Crippen LogP contribution in [0.4, 0.5) is 10.6 Å². The van der Waals surface area contributed by atoms with Crippen molar-refractivity contribution >= 4 is 34.8 Å². The molecule has 2 aromatic carbocycles. The third-order valence-electron chi connectivity index (χ3n) is 6.21. The Kier molecular flexibility index (Phi) is 8.89. The van der Waals surface area contributed by atoms with E-state index in [2.05, 4.69) is 25.7 Å². The first-order valence-corrected chi connectivity index (χ1v) is 12.7. The number of carbonyl (C=O) groups excluding carboxylic acids is 2. The molecular formula is C28H31N7O5. The Bertz CT molecular complexity index is 1440. The molecule has 0 aliphatic carbocycles. The molecule has 4 rings (SSSR count). The summed E-state index contributed by atoms with van der Waals surface area (Å²) in [5.74, 6) is -1.10. The molecule has 40 heavy (non-hydrogen) atoms. The van der Waals surface area contributed by atoms with E-state index in [1.54, 1.807) is 13.2 Å². The highest BCUT2D eigenvalue weighted by Gasteiger charge is 2.21. The third-order valence-corrected chi connectivity index (χ3v) is 6.21. The van der Waals surface area contributed by atoms with Crippen LogP contribution in [0.15, 0.2) is 61.1 Å². The molecule has 12 nitrogen and oxygen atoms in total. The molecule has 0 spiro atoms. The lowest BCUT2D eigenvalue weighted by atomic mass is 9.99. The average Bonchev–Trinajstić information content (AvgIpc) is 3.34. The van der Waals surface area contributed by atoms with Crippen molar-refractivity contribution in [2.45, 2.75) is 26.5 Å². The van der Waals surface area contributed by atoms with Crippen molar-refractivity contribution in [3.05, 3.63) is 83.3 Å². The van der Waals surface area contributed by atoms with Crippen molar-refractivity contribution in [2.75, 3.05) is 32.0 Å². The van der Waals surface area contributed by atoms with Crippen LogP contribution >= 0.6 is 0 Å². The van der Waals surface area contributed by atoms with E-state index in [1.807, 2.05) is 62.4 Å². The fourth-order valence-corrected chi connectivity index (χ4v) is 4.11. The van der Waals surface area contributed by atoms with Gasteiger partial charge in [-0.1, -0.05) is 59.7 Å². The average molecular weight is 546 g/mol. The number of nitrogens with zero attached hydrogens (tertiary/aromatic N) is 5. The minimum absolute atomic E-state index is 0.0111. The largest absolute Gasteiger partial charge is 0.480 e. The molecule has 0 saturated carbocycles. The quantitative estimate of drug-likeness (QED) is 0.258. The highest BCUT2D eigenvalue weighted by molar-refractivity contribution is 5.86. The van der Waals surface area contributed by atoms with E-state index >= 15 is 0 Å². The SMILES string of the molecule is CNc1ncnc2nn(CC(=O)N(CCNC(=O)OC(c3ccc(C)cc3)c3ccc(C)cc3)CC(=O)O)cc12. The molecule has 0 atom stereocenters. The van der Waals surface area contributed by atoms with E-state index in [-0.39, 0.29) is 19.6 Å². The van der Waals surface area contributed by atoms with Crippen molar-refractivity contribution in [3.63, 3.8) is 0 Å². The number of carboxylic acids is 1. The van der Waals surface area contributed by atoms with E-state index < -0.39 is 30.6 Å². The number of ether oxygens (including phenoxy) is 1. The summed E-state index contributed by atoms with van der Waals surface area (Å²) in [5.41, 5.74) is 4.18. The summed E-state index contributed by atoms with van der Waals surface area (Å²) in [5, 5.41) is 19.8. The van der Waals surface area contributed by atoms with Crippen LogP contribution in [-0.4, -0.2) is 74.4 Å². The van der Waals surface area contributed by atoms with E-state index in [9.17, 15) is 19.5 Å². The Morgan fingerprint density at radius 3 is 2.20 bits per heavy atom. The third kappa shape index (κ3) is 7.10. The zero-order chi connectivity index (χ0) is 28.6. The molecule has 2 aromatic heterocycles. The van der Waals surface area contributed by atoms with E-state index in [1.165, 1.54) is 11.0 Å². The fraction of sp³-hybridized carbons (Fsp3) is 0.286. The highest BCUT2D eigenvalue weighted by atomic mass is 16.6. The number of benzene rings is 2. The molecule has 12 heteroatoms. The van der Waals surface area contributed by atoms with Crippen LogP contribution < -0.4 is 10.6 Å². The van der Waals surface area contributed by atoms with Gasteiger partial charge in [0.1, 0.15) is 25.2 Å². The highest BCUT2D eigenvalue weighted by Crippen LogP contribution is 2.27.